The van der Waals surface area contributed by atoms with Crippen molar-refractivity contribution in [2.24, 2.45) is 28.4 Å². The number of carboxylic acid groups (broad SMARTS) is 2. The summed E-state index contributed by atoms with van der Waals surface area (Å²) in [5, 5.41) is 30.4. The number of nitrogens with two attached hydrogens (primary N) is 1. The van der Waals surface area contributed by atoms with Crippen molar-refractivity contribution in [2.45, 2.75) is 160 Å². The Labute approximate surface area is 353 Å². The van der Waals surface area contributed by atoms with Gasteiger partial charge >= 0.3 is 11.9 Å². The van der Waals surface area contributed by atoms with Gasteiger partial charge in [-0.25, -0.2) is 0 Å². The molecule has 6 rings (SSSR count). The molecule has 60 heavy (non-hydrogen) atoms. The molecular weight excluding hydrogens is 763 g/mol. The van der Waals surface area contributed by atoms with E-state index in [0.717, 1.165) is 62.5 Å². The maximum absolute atomic E-state index is 14.7. The maximum Gasteiger partial charge on any atom is 0.303 e. The summed E-state index contributed by atoms with van der Waals surface area (Å²) < 4.78 is 0. The molecule has 326 valence electrons. The zero-order chi connectivity index (χ0) is 43.8. The molecule has 4 aliphatic rings. The zero-order valence-corrected chi connectivity index (χ0v) is 36.2. The van der Waals surface area contributed by atoms with Crippen LogP contribution in [0.25, 0.3) is 0 Å². The van der Waals surface area contributed by atoms with Crippen LogP contribution in [0, 0.1) is 22.7 Å². The number of hydrogen-bond acceptors (Lipinski definition) is 8. The van der Waals surface area contributed by atoms with Gasteiger partial charge in [0.15, 0.2) is 0 Å². The predicted octanol–water partition coefficient (Wildman–Crippen LogP) is 6.35. The molecular formula is C47H65N5O8. The van der Waals surface area contributed by atoms with Gasteiger partial charge in [0.1, 0.15) is 0 Å². The van der Waals surface area contributed by atoms with Crippen molar-refractivity contribution in [1.82, 2.24) is 10.6 Å². The fourth-order valence-electron chi connectivity index (χ4n) is 11.8. The SMILES string of the molecule is CC(C)N[C@@H](CCC(=O)O)C(=O)Nc1ccc2c(c1)[C@@]1(C)CCC[C@](C)(C(=O)NC(=O)[C@@]3(C)CCC[C@]4(C)c5cc(NC(=O)[C@@H](N)CCC(=O)O)ccc5CC[C@@H]34)[C@@H]1CC2. The van der Waals surface area contributed by atoms with Gasteiger partial charge in [-0.1, -0.05) is 66.5 Å². The van der Waals surface area contributed by atoms with Gasteiger partial charge in [-0.2, -0.15) is 0 Å². The number of carbonyl (C=O) groups is 6. The summed E-state index contributed by atoms with van der Waals surface area (Å²) in [7, 11) is 0. The van der Waals surface area contributed by atoms with E-state index in [1.165, 1.54) is 11.1 Å². The van der Waals surface area contributed by atoms with E-state index >= 15 is 0 Å². The van der Waals surface area contributed by atoms with Gasteiger partial charge in [-0.05, 0) is 133 Å². The first kappa shape index (κ1) is 44.9. The minimum Gasteiger partial charge on any atom is -0.481 e. The standard InChI is InChI=1S/C47H65N5O8/c1-27(2)49-35(16-20-39(55)56)41(58)51-31-14-10-29-12-18-37-45(4,33(29)26-31)22-8-24-47(37,6)43(60)52-42(59)46(5)23-7-21-44(3)32-25-30(13-9-28(32)11-17-36(44)46)50-40(57)34(48)15-19-38(53)54/h9-10,13-14,25-27,34-37,49H,7-8,11-12,15-24,48H2,1-6H3,(H,50,57)(H,51,58)(H,53,54)(H,55,56)(H,52,59,60)/t34-,35-,36+,37+,44+,45+,46-,47-/m0/s1. The number of nitrogens with one attached hydrogen (secondary N) is 4. The van der Waals surface area contributed by atoms with Crippen molar-refractivity contribution in [2.75, 3.05) is 10.6 Å². The number of carboxylic acids is 2. The minimum atomic E-state index is -1.01. The van der Waals surface area contributed by atoms with Crippen LogP contribution in [0.15, 0.2) is 36.4 Å². The van der Waals surface area contributed by atoms with Crippen LogP contribution < -0.4 is 27.0 Å². The quantitative estimate of drug-likeness (QED) is 0.105. The van der Waals surface area contributed by atoms with Crippen LogP contribution in [0.2, 0.25) is 0 Å². The summed E-state index contributed by atoms with van der Waals surface area (Å²) in [6.45, 7) is 12.3. The number of fused-ring (bicyclic) bond motifs is 6. The predicted molar refractivity (Wildman–Crippen MR) is 229 cm³/mol. The van der Waals surface area contributed by atoms with Crippen molar-refractivity contribution in [3.63, 3.8) is 0 Å². The lowest BCUT2D eigenvalue weighted by Gasteiger charge is -2.56. The van der Waals surface area contributed by atoms with Crippen LogP contribution in [-0.4, -0.2) is 63.9 Å². The molecule has 2 aromatic carbocycles. The molecule has 0 aromatic heterocycles. The molecule has 8 N–H and O–H groups in total. The van der Waals surface area contributed by atoms with Crippen LogP contribution >= 0.6 is 0 Å². The lowest BCUT2D eigenvalue weighted by molar-refractivity contribution is -0.150. The van der Waals surface area contributed by atoms with Gasteiger partial charge in [-0.15, -0.1) is 0 Å². The maximum atomic E-state index is 14.7. The van der Waals surface area contributed by atoms with Crippen molar-refractivity contribution in [3.05, 3.63) is 58.7 Å². The fourth-order valence-corrected chi connectivity index (χ4v) is 11.8. The topological polar surface area (TPSA) is 217 Å². The van der Waals surface area contributed by atoms with Gasteiger partial charge in [0.2, 0.25) is 23.6 Å². The molecule has 2 aromatic rings. The molecule has 0 unspecified atom stereocenters. The summed E-state index contributed by atoms with van der Waals surface area (Å²) in [6.07, 6.45) is 7.59. The van der Waals surface area contributed by atoms with Crippen molar-refractivity contribution in [3.8, 4) is 0 Å². The normalized spacial score (nSPS) is 29.1. The second-order valence-corrected chi connectivity index (χ2v) is 19.4. The molecule has 2 fully saturated rings. The Morgan fingerprint density at radius 3 is 1.58 bits per heavy atom. The summed E-state index contributed by atoms with van der Waals surface area (Å²) in [5.74, 6) is -3.27. The van der Waals surface area contributed by atoms with E-state index in [0.29, 0.717) is 24.2 Å². The van der Waals surface area contributed by atoms with E-state index < -0.39 is 40.8 Å². The van der Waals surface area contributed by atoms with Crippen molar-refractivity contribution in [1.29, 1.82) is 0 Å². The van der Waals surface area contributed by atoms with E-state index in [1.807, 2.05) is 58.0 Å². The van der Waals surface area contributed by atoms with Gasteiger partial charge in [0.25, 0.3) is 0 Å². The molecule has 0 radical (unpaired) electrons. The number of hydrogen-bond donors (Lipinski definition) is 7. The first-order chi connectivity index (χ1) is 28.2. The summed E-state index contributed by atoms with van der Waals surface area (Å²) in [5.41, 5.74) is 9.37. The van der Waals surface area contributed by atoms with Crippen molar-refractivity contribution >= 4 is 46.9 Å². The van der Waals surface area contributed by atoms with E-state index in [-0.39, 0.29) is 72.1 Å². The zero-order valence-electron chi connectivity index (χ0n) is 36.2. The Bertz CT molecular complexity index is 2040. The van der Waals surface area contributed by atoms with Crippen molar-refractivity contribution < 1.29 is 39.0 Å². The number of aryl methyl sites for hydroxylation is 2. The average molecular weight is 828 g/mol. The number of amides is 4. The Morgan fingerprint density at radius 2 is 1.13 bits per heavy atom. The third-order valence-corrected chi connectivity index (χ3v) is 15.0. The first-order valence-electron chi connectivity index (χ1n) is 21.9. The van der Waals surface area contributed by atoms with Gasteiger partial charge < -0.3 is 31.9 Å². The molecule has 4 amide bonds. The average Bonchev–Trinajstić information content (AvgIpc) is 3.18. The van der Waals surface area contributed by atoms with Crippen LogP contribution in [0.4, 0.5) is 11.4 Å². The first-order valence-corrected chi connectivity index (χ1v) is 21.9. The van der Waals surface area contributed by atoms with E-state index in [1.54, 1.807) is 0 Å². The van der Waals surface area contributed by atoms with Crippen LogP contribution in [0.5, 0.6) is 0 Å². The molecule has 0 heterocycles. The molecule has 13 nitrogen and oxygen atoms in total. The van der Waals surface area contributed by atoms with E-state index in [4.69, 9.17) is 10.8 Å². The third-order valence-electron chi connectivity index (χ3n) is 15.0. The molecule has 4 aliphatic carbocycles. The highest BCUT2D eigenvalue weighted by atomic mass is 16.4. The lowest BCUT2D eigenvalue weighted by atomic mass is 9.49. The number of benzene rings is 2. The molecule has 0 bridgehead atoms. The molecule has 13 heteroatoms. The molecule has 0 spiro atoms. The third kappa shape index (κ3) is 8.75. The smallest absolute Gasteiger partial charge is 0.303 e. The van der Waals surface area contributed by atoms with Gasteiger partial charge in [0, 0.05) is 30.3 Å². The highest BCUT2D eigenvalue weighted by Gasteiger charge is 2.58. The van der Waals surface area contributed by atoms with E-state index in [2.05, 4.69) is 41.2 Å². The molecule has 2 saturated carbocycles. The highest BCUT2D eigenvalue weighted by Crippen LogP contribution is 2.60. The largest absolute Gasteiger partial charge is 0.481 e. The van der Waals surface area contributed by atoms with Gasteiger partial charge in [0.05, 0.1) is 22.9 Å². The number of imide groups is 1. The molecule has 0 saturated heterocycles. The monoisotopic (exact) mass is 827 g/mol. The minimum absolute atomic E-state index is 0.0143. The fraction of sp³-hybridized carbons (Fsp3) is 0.617. The van der Waals surface area contributed by atoms with E-state index in [9.17, 15) is 33.9 Å². The second-order valence-electron chi connectivity index (χ2n) is 19.4. The Balaban J connectivity index is 1.19. The van der Waals surface area contributed by atoms with Crippen LogP contribution in [0.1, 0.15) is 141 Å². The highest BCUT2D eigenvalue weighted by molar-refractivity contribution is 6.01. The van der Waals surface area contributed by atoms with Crippen LogP contribution in [-0.2, 0) is 52.4 Å². The Hall–Kier alpha value is -4.62. The summed E-state index contributed by atoms with van der Waals surface area (Å²) in [6, 6.07) is 10.2. The summed E-state index contributed by atoms with van der Waals surface area (Å²) >= 11 is 0. The lowest BCUT2D eigenvalue weighted by Crippen LogP contribution is -2.60. The Kier molecular flexibility index (Phi) is 13.0. The van der Waals surface area contributed by atoms with Gasteiger partial charge in [-0.3, -0.25) is 34.1 Å². The molecule has 0 aliphatic heterocycles. The number of rotatable bonds is 14. The number of carbonyl (C=O) groups excluding carboxylic acids is 4. The Morgan fingerprint density at radius 1 is 0.683 bits per heavy atom. The number of aliphatic carboxylic acids is 2. The van der Waals surface area contributed by atoms with Crippen LogP contribution in [0.3, 0.4) is 0 Å². The molecule has 8 atom stereocenters. The second kappa shape index (κ2) is 17.4. The number of anilines is 2. The summed E-state index contributed by atoms with van der Waals surface area (Å²) in [4.78, 5) is 78.1.